The molecule has 5 rings (SSSR count). The van der Waals surface area contributed by atoms with Crippen LogP contribution in [0.4, 0.5) is 0 Å². The van der Waals surface area contributed by atoms with E-state index in [1.807, 2.05) is 30.6 Å². The molecule has 3 aromatic heterocycles. The molecule has 0 aliphatic rings. The number of rotatable bonds is 3. The van der Waals surface area contributed by atoms with Gasteiger partial charge in [0.15, 0.2) is 5.65 Å². The molecule has 0 aliphatic heterocycles. The summed E-state index contributed by atoms with van der Waals surface area (Å²) < 4.78 is 0. The lowest BCUT2D eigenvalue weighted by Gasteiger charge is -2.10. The first-order valence-electron chi connectivity index (χ1n) is 8.53. The van der Waals surface area contributed by atoms with Crippen LogP contribution >= 0.6 is 0 Å². The molecular formula is C22H16N4. The number of aromatic nitrogens is 4. The quantitative estimate of drug-likeness (QED) is 0.470. The predicted molar refractivity (Wildman–Crippen MR) is 105 cm³/mol. The second-order valence-electron chi connectivity index (χ2n) is 6.19. The van der Waals surface area contributed by atoms with Gasteiger partial charge in [-0.2, -0.15) is 5.10 Å². The lowest BCUT2D eigenvalue weighted by molar-refractivity contribution is 1.10. The third kappa shape index (κ3) is 2.40. The zero-order chi connectivity index (χ0) is 17.3. The van der Waals surface area contributed by atoms with Gasteiger partial charge in [0.05, 0.1) is 11.4 Å². The lowest BCUT2D eigenvalue weighted by Crippen LogP contribution is -1.87. The minimum absolute atomic E-state index is 0.718. The third-order valence-electron chi connectivity index (χ3n) is 4.60. The maximum absolute atomic E-state index is 4.57. The number of hydrogen-bond donors (Lipinski definition) is 2. The summed E-state index contributed by atoms with van der Waals surface area (Å²) in [7, 11) is 0. The average molecular weight is 336 g/mol. The van der Waals surface area contributed by atoms with Crippen molar-refractivity contribution in [2.75, 3.05) is 0 Å². The lowest BCUT2D eigenvalue weighted by atomic mass is 9.95. The highest BCUT2D eigenvalue weighted by Gasteiger charge is 2.13. The van der Waals surface area contributed by atoms with Crippen molar-refractivity contribution in [3.63, 3.8) is 0 Å². The molecule has 0 bridgehead atoms. The van der Waals surface area contributed by atoms with Crippen LogP contribution in [0.1, 0.15) is 0 Å². The zero-order valence-electron chi connectivity index (χ0n) is 14.0. The normalized spacial score (nSPS) is 11.1. The minimum atomic E-state index is 0.718. The Bertz CT molecular complexity index is 1170. The molecule has 3 heterocycles. The molecule has 0 saturated carbocycles. The Balaban J connectivity index is 1.70. The van der Waals surface area contributed by atoms with Crippen LogP contribution in [0.25, 0.3) is 44.7 Å². The second-order valence-corrected chi connectivity index (χ2v) is 6.19. The van der Waals surface area contributed by atoms with Crippen molar-refractivity contribution in [2.45, 2.75) is 0 Å². The van der Waals surface area contributed by atoms with Crippen LogP contribution in [0, 0.1) is 0 Å². The number of nitrogens with zero attached hydrogens (tertiary/aromatic N) is 2. The van der Waals surface area contributed by atoms with E-state index < -0.39 is 0 Å². The summed E-state index contributed by atoms with van der Waals surface area (Å²) >= 11 is 0. The molecular weight excluding hydrogens is 320 g/mol. The number of nitrogens with one attached hydrogen (secondary N) is 2. The van der Waals surface area contributed by atoms with Crippen molar-refractivity contribution in [1.82, 2.24) is 20.2 Å². The molecule has 5 aromatic rings. The summed E-state index contributed by atoms with van der Waals surface area (Å²) in [6.07, 6.45) is 3.80. The highest BCUT2D eigenvalue weighted by atomic mass is 15.2. The van der Waals surface area contributed by atoms with Crippen LogP contribution in [0.2, 0.25) is 0 Å². The molecule has 0 fully saturated rings. The third-order valence-corrected chi connectivity index (χ3v) is 4.60. The molecule has 124 valence electrons. The zero-order valence-corrected chi connectivity index (χ0v) is 14.0. The van der Waals surface area contributed by atoms with E-state index in [1.54, 1.807) is 0 Å². The van der Waals surface area contributed by atoms with E-state index in [-0.39, 0.29) is 0 Å². The summed E-state index contributed by atoms with van der Waals surface area (Å²) in [6.45, 7) is 0. The Hall–Kier alpha value is -3.66. The number of aromatic amines is 2. The van der Waals surface area contributed by atoms with Crippen molar-refractivity contribution >= 4 is 11.0 Å². The van der Waals surface area contributed by atoms with Gasteiger partial charge >= 0.3 is 0 Å². The van der Waals surface area contributed by atoms with Gasteiger partial charge in [-0.25, -0.2) is 4.98 Å². The fourth-order valence-electron chi connectivity index (χ4n) is 3.34. The SMILES string of the molecule is c1ccc(-c2ccccc2-c2cnc3n[nH]c(-c4ccc[nH]4)c3c2)cc1. The van der Waals surface area contributed by atoms with Gasteiger partial charge in [0.1, 0.15) is 0 Å². The molecule has 0 unspecified atom stereocenters. The second kappa shape index (κ2) is 6.01. The van der Waals surface area contributed by atoms with Gasteiger partial charge in [-0.05, 0) is 34.9 Å². The first-order chi connectivity index (χ1) is 12.9. The molecule has 26 heavy (non-hydrogen) atoms. The van der Waals surface area contributed by atoms with E-state index in [0.717, 1.165) is 33.5 Å². The standard InChI is InChI=1S/C22H16N4/c1-2-7-15(8-3-1)17-9-4-5-10-18(17)16-13-19-21(20-11-6-12-23-20)25-26-22(19)24-14-16/h1-14,23H,(H,24,25,26). The van der Waals surface area contributed by atoms with Crippen LogP contribution < -0.4 is 0 Å². The van der Waals surface area contributed by atoms with Crippen LogP contribution in [-0.4, -0.2) is 20.2 Å². The first kappa shape index (κ1) is 14.7. The molecule has 0 spiro atoms. The maximum Gasteiger partial charge on any atom is 0.181 e. The number of pyridine rings is 1. The van der Waals surface area contributed by atoms with E-state index in [9.17, 15) is 0 Å². The van der Waals surface area contributed by atoms with Gasteiger partial charge < -0.3 is 4.98 Å². The van der Waals surface area contributed by atoms with Crippen molar-refractivity contribution in [2.24, 2.45) is 0 Å². The van der Waals surface area contributed by atoms with Gasteiger partial charge in [0.2, 0.25) is 0 Å². The Morgan fingerprint density at radius 2 is 1.50 bits per heavy atom. The van der Waals surface area contributed by atoms with Crippen LogP contribution in [0.3, 0.4) is 0 Å². The Kier molecular flexibility index (Phi) is 3.39. The minimum Gasteiger partial charge on any atom is -0.360 e. The largest absolute Gasteiger partial charge is 0.360 e. The van der Waals surface area contributed by atoms with Crippen LogP contribution in [0.5, 0.6) is 0 Å². The molecule has 0 amide bonds. The van der Waals surface area contributed by atoms with Crippen molar-refractivity contribution in [3.05, 3.63) is 85.2 Å². The Labute approximate surface area is 150 Å². The van der Waals surface area contributed by atoms with E-state index in [2.05, 4.69) is 74.8 Å². The smallest absolute Gasteiger partial charge is 0.181 e. The molecule has 4 nitrogen and oxygen atoms in total. The maximum atomic E-state index is 4.57. The van der Waals surface area contributed by atoms with Gasteiger partial charge in [0, 0.05) is 23.3 Å². The Morgan fingerprint density at radius 3 is 2.27 bits per heavy atom. The molecule has 2 aromatic carbocycles. The van der Waals surface area contributed by atoms with Gasteiger partial charge in [0.25, 0.3) is 0 Å². The van der Waals surface area contributed by atoms with E-state index >= 15 is 0 Å². The fourth-order valence-corrected chi connectivity index (χ4v) is 3.34. The molecule has 0 aliphatic carbocycles. The molecule has 0 saturated heterocycles. The van der Waals surface area contributed by atoms with Crippen LogP contribution in [-0.2, 0) is 0 Å². The number of fused-ring (bicyclic) bond motifs is 1. The summed E-state index contributed by atoms with van der Waals surface area (Å²) in [5.41, 5.74) is 7.30. The van der Waals surface area contributed by atoms with Gasteiger partial charge in [-0.1, -0.05) is 54.6 Å². The summed E-state index contributed by atoms with van der Waals surface area (Å²) in [4.78, 5) is 7.80. The Morgan fingerprint density at radius 1 is 0.731 bits per heavy atom. The highest BCUT2D eigenvalue weighted by Crippen LogP contribution is 2.34. The number of benzene rings is 2. The summed E-state index contributed by atoms with van der Waals surface area (Å²) in [6, 6.07) is 25.0. The monoisotopic (exact) mass is 336 g/mol. The van der Waals surface area contributed by atoms with Crippen molar-refractivity contribution in [1.29, 1.82) is 0 Å². The molecule has 0 atom stereocenters. The van der Waals surface area contributed by atoms with Crippen LogP contribution in [0.15, 0.2) is 85.2 Å². The molecule has 0 radical (unpaired) electrons. The summed E-state index contributed by atoms with van der Waals surface area (Å²) in [5.74, 6) is 0. The number of H-pyrrole nitrogens is 2. The van der Waals surface area contributed by atoms with E-state index in [0.29, 0.717) is 0 Å². The van der Waals surface area contributed by atoms with E-state index in [1.165, 1.54) is 11.1 Å². The molecule has 2 N–H and O–H groups in total. The topological polar surface area (TPSA) is 57.4 Å². The van der Waals surface area contributed by atoms with Gasteiger partial charge in [-0.15, -0.1) is 0 Å². The number of hydrogen-bond acceptors (Lipinski definition) is 2. The molecule has 4 heteroatoms. The summed E-state index contributed by atoms with van der Waals surface area (Å²) in [5, 5.41) is 8.44. The predicted octanol–water partition coefficient (Wildman–Crippen LogP) is 5.29. The van der Waals surface area contributed by atoms with Crippen molar-refractivity contribution in [3.8, 4) is 33.6 Å². The first-order valence-corrected chi connectivity index (χ1v) is 8.53. The van der Waals surface area contributed by atoms with Crippen molar-refractivity contribution < 1.29 is 0 Å². The van der Waals surface area contributed by atoms with E-state index in [4.69, 9.17) is 0 Å². The fraction of sp³-hybridized carbons (Fsp3) is 0. The highest BCUT2D eigenvalue weighted by molar-refractivity contribution is 5.94. The average Bonchev–Trinajstić information content (AvgIpc) is 3.37. The van der Waals surface area contributed by atoms with Gasteiger partial charge in [-0.3, -0.25) is 5.10 Å².